The summed E-state index contributed by atoms with van der Waals surface area (Å²) in [6.07, 6.45) is -89.2. The number of aliphatic hydroxyl groups is 25. The lowest BCUT2D eigenvalue weighted by Crippen LogP contribution is -2.71. The van der Waals surface area contributed by atoms with Crippen molar-refractivity contribution in [2.45, 2.75) is 355 Å². The summed E-state index contributed by atoms with van der Waals surface area (Å²) in [4.78, 5) is 89.1. The van der Waals surface area contributed by atoms with Gasteiger partial charge >= 0.3 is 0 Å². The minimum atomic E-state index is -2.51. The van der Waals surface area contributed by atoms with Crippen LogP contribution in [0.2, 0.25) is 0 Å². The van der Waals surface area contributed by atoms with Gasteiger partial charge in [0.05, 0.1) is 66.1 Å². The van der Waals surface area contributed by atoms with Gasteiger partial charge in [-0.25, -0.2) is 0 Å². The van der Waals surface area contributed by atoms with Crippen molar-refractivity contribution < 1.29 is 251 Å². The Morgan fingerprint density at radius 1 is 0.197 bits per heavy atom. The predicted octanol–water partition coefficient (Wildman–Crippen LogP) is -21.8. The van der Waals surface area contributed by atoms with Crippen LogP contribution in [0.25, 0.3) is 0 Å². The maximum Gasteiger partial charge on any atom is 0.217 e. The van der Waals surface area contributed by atoms with E-state index in [0.29, 0.717) is 0 Å². The summed E-state index contributed by atoms with van der Waals surface area (Å²) in [5.74, 6) is -6.24. The predicted molar refractivity (Wildman–Crippen MR) is 411 cm³/mol. The van der Waals surface area contributed by atoms with Crippen LogP contribution < -0.4 is 37.2 Å². The lowest BCUT2D eigenvalue weighted by atomic mass is 9.93. The highest BCUT2D eigenvalue weighted by Gasteiger charge is 2.62. The molecule has 0 aliphatic carbocycles. The van der Waals surface area contributed by atoms with Gasteiger partial charge in [-0.2, -0.15) is 0 Å². The molecule has 32 N–H and O–H groups in total. The van der Waals surface area contributed by atoms with Crippen molar-refractivity contribution >= 4 is 41.4 Å². The van der Waals surface area contributed by atoms with Crippen molar-refractivity contribution in [2.75, 3.05) is 66.1 Å². The number of ether oxygens (including phenoxy) is 19. The van der Waals surface area contributed by atoms with Crippen LogP contribution in [0, 0.1) is 0 Å². The standard InChI is InChI=1S/C74H123N7O51/c1-18(89)75-35-53(107)59(29(12-86)117-65(35)113)127-72-58(112)64(132-71-41(81-24(7)95)55(109)61(31(14-88)123-71)129-74-57(111)63(131-70-39(79-22(5)93)52(106)45(99)28(11-85)121-70)47(101)33(126-74)16-115-67-37(77-20(3)91)50(104)43(97)26(9-83)119-67)48(102)34(124-72)17-116-68-40(80-23(6)94)54(108)60(30(13-87)122-68)128-73-56(110)62(130-69-38(78-21(4)92)51(105)44(98)27(10-84)120-69)46(100)32(125-73)15-114-66-36(76-19(2)90)49(103)42(96)25(8-82)118-66/h25-74,82-88,96-113H,8-17H2,1-7H3,(H,75,89)(H,76,90)(H,77,91)(H,78,92)(H,79,93)(H,80,94)(H,81,95)/t25-,26-,27-,28-,29-,30-,31-,32-,33-,34-,35-,36-,37-,38-,39-,40-,41-,42-,43-,44-,45-,46+,47+,48+,49-,50-,51-,52-,53-,54-,55-,56-,57-,58-,59-,60-,61-,62+,63+,64+,65?,66-,67-,68-,69+,70+,71+,72+,73+,74+/m1/s1. The van der Waals surface area contributed by atoms with E-state index >= 15 is 0 Å². The molecule has 50 atom stereocenters. The Labute approximate surface area is 748 Å². The molecule has 10 rings (SSSR count). The Morgan fingerprint density at radius 2 is 0.379 bits per heavy atom. The molecule has 58 heteroatoms. The minimum absolute atomic E-state index is 0.801. The molecular weight excluding hydrogens is 1800 g/mol. The highest BCUT2D eigenvalue weighted by Crippen LogP contribution is 2.40. The Morgan fingerprint density at radius 3 is 0.629 bits per heavy atom. The highest BCUT2D eigenvalue weighted by molar-refractivity contribution is 5.75. The van der Waals surface area contributed by atoms with Crippen LogP contribution in [-0.4, -0.2) is 542 Å². The zero-order valence-corrected chi connectivity index (χ0v) is 71.7. The molecule has 0 saturated carbocycles. The molecule has 10 fully saturated rings. The summed E-state index contributed by atoms with van der Waals surface area (Å²) in [6.45, 7) is -3.91. The minimum Gasteiger partial charge on any atom is -0.394 e. The third kappa shape index (κ3) is 25.0. The summed E-state index contributed by atoms with van der Waals surface area (Å²) < 4.78 is 114. The van der Waals surface area contributed by atoms with Gasteiger partial charge in [0.25, 0.3) is 0 Å². The number of nitrogens with one attached hydrogen (secondary N) is 7. The fourth-order valence-electron chi connectivity index (χ4n) is 17.0. The molecule has 760 valence electrons. The molecule has 10 heterocycles. The third-order valence-corrected chi connectivity index (χ3v) is 23.6. The molecule has 0 bridgehead atoms. The molecule has 7 amide bonds. The van der Waals surface area contributed by atoms with Gasteiger partial charge in [-0.05, 0) is 0 Å². The zero-order valence-electron chi connectivity index (χ0n) is 71.7. The maximum atomic E-state index is 13.4. The average Bonchev–Trinajstić information content (AvgIpc) is 0.769. The van der Waals surface area contributed by atoms with E-state index in [1.54, 1.807) is 0 Å². The van der Waals surface area contributed by atoms with Gasteiger partial charge < -0.3 is 255 Å². The topological polar surface area (TPSA) is 885 Å². The smallest absolute Gasteiger partial charge is 0.217 e. The summed E-state index contributed by atoms with van der Waals surface area (Å²) >= 11 is 0. The number of aliphatic hydroxyl groups excluding tert-OH is 25. The first-order chi connectivity index (χ1) is 62.3. The Kier molecular flexibility index (Phi) is 39.4. The van der Waals surface area contributed by atoms with E-state index in [1.807, 2.05) is 0 Å². The number of rotatable bonds is 35. The second kappa shape index (κ2) is 47.9. The molecule has 0 aromatic carbocycles. The van der Waals surface area contributed by atoms with Gasteiger partial charge in [0.15, 0.2) is 62.9 Å². The van der Waals surface area contributed by atoms with Crippen LogP contribution in [0.1, 0.15) is 48.5 Å². The Bertz CT molecular complexity index is 3710. The molecule has 10 aliphatic rings. The molecule has 10 saturated heterocycles. The van der Waals surface area contributed by atoms with E-state index < -0.39 is 414 Å². The van der Waals surface area contributed by atoms with Gasteiger partial charge in [-0.15, -0.1) is 0 Å². The van der Waals surface area contributed by atoms with Crippen molar-refractivity contribution in [3.63, 3.8) is 0 Å². The third-order valence-electron chi connectivity index (χ3n) is 23.6. The first-order valence-corrected chi connectivity index (χ1v) is 42.1. The number of carbonyl (C=O) groups is 7. The van der Waals surface area contributed by atoms with Crippen LogP contribution in [0.15, 0.2) is 0 Å². The van der Waals surface area contributed by atoms with Crippen molar-refractivity contribution in [1.82, 2.24) is 37.2 Å². The molecule has 1 unspecified atom stereocenters. The van der Waals surface area contributed by atoms with Gasteiger partial charge in [0, 0.05) is 48.5 Å². The van der Waals surface area contributed by atoms with E-state index in [9.17, 15) is 161 Å². The number of hydrogen-bond donors (Lipinski definition) is 32. The number of hydrogen-bond acceptors (Lipinski definition) is 51. The van der Waals surface area contributed by atoms with Crippen LogP contribution in [-0.2, 0) is 124 Å². The van der Waals surface area contributed by atoms with Crippen LogP contribution >= 0.6 is 0 Å². The lowest BCUT2D eigenvalue weighted by molar-refractivity contribution is -0.387. The first-order valence-electron chi connectivity index (χ1n) is 42.1. The van der Waals surface area contributed by atoms with E-state index in [0.717, 1.165) is 48.5 Å². The Hall–Kier alpha value is -5.47. The highest BCUT2D eigenvalue weighted by atomic mass is 16.8. The second-order valence-corrected chi connectivity index (χ2v) is 33.3. The SMILES string of the molecule is CC(=O)N[C@H]1[C@H](OC[C@H]2O[C@@H](O[C@H]3[C@H](O)[C@@H](NC(C)=O)C(O)O[C@@H]3CO)[C@H](O)[C@@H](O[C@@H]3O[C@H](CO)[C@@H](O[C@@H]4O[C@H](CO[C@@H]5O[C@H](CO)[C@@H](O)[C@H](O)[C@H]5NC(C)=O)[C@H](O)[C@H](O[C@@H]5O[C@H](CO)[C@@H](O)[C@H](O)[C@H]5NC(C)=O)[C@H]4O)[C@H](O)[C@H]3NC(C)=O)[C@H]2O)O[C@H](CO)[C@@H](O[C@@H]2O[C@H](CO[C@@H]3O[C@H](CO)[C@@H](O)[C@H](O)[C@H]3NC(C)=O)[C@H](O)[C@H](O[C@@H]3O[C@H](CO)[C@@H](O)[C@H](O)[C@H]3NC(C)=O)[C@H]2O)[C@@H]1O. The maximum absolute atomic E-state index is 13.4. The average molecular weight is 1930 g/mol. The van der Waals surface area contributed by atoms with E-state index in [4.69, 9.17) is 90.0 Å². The molecule has 0 aromatic rings. The zero-order chi connectivity index (χ0) is 97.4. The van der Waals surface area contributed by atoms with Crippen molar-refractivity contribution in [1.29, 1.82) is 0 Å². The lowest BCUT2D eigenvalue weighted by Gasteiger charge is -2.51. The largest absolute Gasteiger partial charge is 0.394 e. The molecule has 132 heavy (non-hydrogen) atoms. The molecular formula is C74H123N7O51. The summed E-state index contributed by atoms with van der Waals surface area (Å²) in [7, 11) is 0. The molecule has 0 radical (unpaired) electrons. The van der Waals surface area contributed by atoms with Crippen molar-refractivity contribution in [2.24, 2.45) is 0 Å². The van der Waals surface area contributed by atoms with Crippen LogP contribution in [0.4, 0.5) is 0 Å². The second-order valence-electron chi connectivity index (χ2n) is 33.3. The summed E-state index contributed by atoms with van der Waals surface area (Å²) in [5, 5.41) is 299. The fourth-order valence-corrected chi connectivity index (χ4v) is 17.0. The van der Waals surface area contributed by atoms with Gasteiger partial charge in [0.1, 0.15) is 244 Å². The van der Waals surface area contributed by atoms with Crippen molar-refractivity contribution in [3.05, 3.63) is 0 Å². The van der Waals surface area contributed by atoms with Gasteiger partial charge in [-0.1, -0.05) is 0 Å². The van der Waals surface area contributed by atoms with Gasteiger partial charge in [-0.3, -0.25) is 33.6 Å². The number of amides is 7. The molecule has 0 spiro atoms. The number of carbonyl (C=O) groups excluding carboxylic acids is 7. The first kappa shape index (κ1) is 109. The molecule has 58 nitrogen and oxygen atoms in total. The van der Waals surface area contributed by atoms with Crippen molar-refractivity contribution in [3.8, 4) is 0 Å². The quantitative estimate of drug-likeness (QED) is 0.0280. The summed E-state index contributed by atoms with van der Waals surface area (Å²) in [5.41, 5.74) is 0. The normalized spacial score (nSPS) is 46.7. The Balaban J connectivity index is 0.948. The summed E-state index contributed by atoms with van der Waals surface area (Å²) in [6, 6.07) is -12.7. The van der Waals surface area contributed by atoms with Crippen LogP contribution in [0.3, 0.4) is 0 Å². The molecule has 0 aromatic heterocycles. The van der Waals surface area contributed by atoms with E-state index in [1.165, 1.54) is 0 Å². The van der Waals surface area contributed by atoms with Gasteiger partial charge in [0.2, 0.25) is 41.4 Å². The fraction of sp³-hybridized carbons (Fsp3) is 0.905. The monoisotopic (exact) mass is 1930 g/mol. The molecule has 10 aliphatic heterocycles. The van der Waals surface area contributed by atoms with E-state index in [-0.39, 0.29) is 0 Å². The van der Waals surface area contributed by atoms with Crippen LogP contribution in [0.5, 0.6) is 0 Å². The van der Waals surface area contributed by atoms with E-state index in [2.05, 4.69) is 37.2 Å².